The Morgan fingerprint density at radius 2 is 2.38 bits per heavy atom. The number of ether oxygens (including phenoxy) is 1. The molecule has 1 heterocycles. The van der Waals surface area contributed by atoms with Gasteiger partial charge in [-0.2, -0.15) is 0 Å². The van der Waals surface area contributed by atoms with Gasteiger partial charge in [0.25, 0.3) is 0 Å². The Hall–Kier alpha value is -0.530. The van der Waals surface area contributed by atoms with E-state index in [1.165, 1.54) is 0 Å². The summed E-state index contributed by atoms with van der Waals surface area (Å²) in [5.74, 6) is 0.565. The molecule has 8 heavy (non-hydrogen) atoms. The van der Waals surface area contributed by atoms with Crippen LogP contribution in [-0.4, -0.2) is 18.0 Å². The van der Waals surface area contributed by atoms with E-state index in [1.807, 2.05) is 13.8 Å². The standard InChI is InChI=1S/C6H10NO/c1-5-7-6(2,3)4-8-5/h1,4H2,2-3H3. The monoisotopic (exact) mass is 112 g/mol. The summed E-state index contributed by atoms with van der Waals surface area (Å²) in [6.45, 7) is 8.27. The second kappa shape index (κ2) is 1.47. The molecule has 0 fully saturated rings. The van der Waals surface area contributed by atoms with E-state index in [4.69, 9.17) is 4.74 Å². The van der Waals surface area contributed by atoms with Crippen LogP contribution in [0, 0.1) is 6.92 Å². The first-order valence-corrected chi connectivity index (χ1v) is 2.65. The Balaban J connectivity index is 2.67. The lowest BCUT2D eigenvalue weighted by molar-refractivity contribution is 0.280. The maximum Gasteiger partial charge on any atom is 0.184 e. The first-order valence-electron chi connectivity index (χ1n) is 2.65. The number of nitrogens with zero attached hydrogens (tertiary/aromatic N) is 1. The zero-order chi connectivity index (χ0) is 6.20. The van der Waals surface area contributed by atoms with Gasteiger partial charge in [-0.05, 0) is 13.8 Å². The van der Waals surface area contributed by atoms with Crippen molar-refractivity contribution in [3.05, 3.63) is 6.92 Å². The molecule has 45 valence electrons. The number of hydrogen-bond acceptors (Lipinski definition) is 2. The van der Waals surface area contributed by atoms with Crippen LogP contribution in [0.15, 0.2) is 4.99 Å². The number of hydrogen-bond donors (Lipinski definition) is 0. The minimum absolute atomic E-state index is 0.0307. The molecule has 0 aromatic carbocycles. The Kier molecular flexibility index (Phi) is 1.03. The van der Waals surface area contributed by atoms with Gasteiger partial charge in [-0.15, -0.1) is 0 Å². The van der Waals surface area contributed by atoms with Crippen molar-refractivity contribution < 1.29 is 4.74 Å². The van der Waals surface area contributed by atoms with E-state index in [0.29, 0.717) is 12.5 Å². The second-order valence-corrected chi connectivity index (χ2v) is 2.61. The van der Waals surface area contributed by atoms with Gasteiger partial charge in [-0.1, -0.05) is 0 Å². The van der Waals surface area contributed by atoms with Crippen molar-refractivity contribution in [2.75, 3.05) is 6.61 Å². The maximum atomic E-state index is 5.01. The topological polar surface area (TPSA) is 21.6 Å². The van der Waals surface area contributed by atoms with Crippen molar-refractivity contribution in [2.24, 2.45) is 4.99 Å². The largest absolute Gasteiger partial charge is 0.478 e. The van der Waals surface area contributed by atoms with Crippen LogP contribution in [0.2, 0.25) is 0 Å². The van der Waals surface area contributed by atoms with Gasteiger partial charge >= 0.3 is 0 Å². The SMILES string of the molecule is [CH2]C1=NC(C)(C)CO1. The highest BCUT2D eigenvalue weighted by atomic mass is 16.5. The second-order valence-electron chi connectivity index (χ2n) is 2.61. The normalized spacial score (nSPS) is 24.6. The predicted molar refractivity (Wildman–Crippen MR) is 32.8 cm³/mol. The zero-order valence-electron chi connectivity index (χ0n) is 5.27. The van der Waals surface area contributed by atoms with Gasteiger partial charge in [0.15, 0.2) is 5.90 Å². The molecule has 2 heteroatoms. The number of rotatable bonds is 0. The van der Waals surface area contributed by atoms with Crippen LogP contribution >= 0.6 is 0 Å². The molecule has 0 amide bonds. The Labute approximate surface area is 49.6 Å². The van der Waals surface area contributed by atoms with E-state index in [2.05, 4.69) is 11.9 Å². The summed E-state index contributed by atoms with van der Waals surface area (Å²) in [7, 11) is 0. The predicted octanol–water partition coefficient (Wildman–Crippen LogP) is 1.03. The van der Waals surface area contributed by atoms with Gasteiger partial charge in [0.2, 0.25) is 0 Å². The van der Waals surface area contributed by atoms with Crippen molar-refractivity contribution in [1.82, 2.24) is 0 Å². The van der Waals surface area contributed by atoms with Gasteiger partial charge in [-0.25, -0.2) is 4.99 Å². The third kappa shape index (κ3) is 0.997. The molecule has 0 saturated carbocycles. The molecule has 2 nitrogen and oxygen atoms in total. The fourth-order valence-electron chi connectivity index (χ4n) is 0.662. The average molecular weight is 112 g/mol. The van der Waals surface area contributed by atoms with E-state index >= 15 is 0 Å². The third-order valence-corrected chi connectivity index (χ3v) is 1.02. The fourth-order valence-corrected chi connectivity index (χ4v) is 0.662. The molecular formula is C6H10NO. The van der Waals surface area contributed by atoms with E-state index in [9.17, 15) is 0 Å². The Morgan fingerprint density at radius 1 is 1.75 bits per heavy atom. The summed E-state index contributed by atoms with van der Waals surface area (Å²) >= 11 is 0. The van der Waals surface area contributed by atoms with E-state index in [1.54, 1.807) is 0 Å². The fraction of sp³-hybridized carbons (Fsp3) is 0.667. The lowest BCUT2D eigenvalue weighted by Gasteiger charge is -2.07. The summed E-state index contributed by atoms with van der Waals surface area (Å²) in [6, 6.07) is 0. The maximum absolute atomic E-state index is 5.01. The van der Waals surface area contributed by atoms with Crippen LogP contribution in [0.5, 0.6) is 0 Å². The van der Waals surface area contributed by atoms with Gasteiger partial charge in [0.1, 0.15) is 6.61 Å². The quantitative estimate of drug-likeness (QED) is 0.458. The molecule has 1 aliphatic rings. The van der Waals surface area contributed by atoms with E-state index in [-0.39, 0.29) is 5.54 Å². The average Bonchev–Trinajstić information content (AvgIpc) is 1.82. The van der Waals surface area contributed by atoms with Crippen LogP contribution in [0.3, 0.4) is 0 Å². The van der Waals surface area contributed by atoms with Crippen molar-refractivity contribution >= 4 is 5.90 Å². The van der Waals surface area contributed by atoms with Crippen molar-refractivity contribution in [3.8, 4) is 0 Å². The molecule has 0 bridgehead atoms. The summed E-state index contributed by atoms with van der Waals surface area (Å²) in [5, 5.41) is 0. The molecule has 0 aromatic heterocycles. The van der Waals surface area contributed by atoms with E-state index in [0.717, 1.165) is 0 Å². The van der Waals surface area contributed by atoms with Crippen LogP contribution in [-0.2, 0) is 4.74 Å². The molecular weight excluding hydrogens is 102 g/mol. The summed E-state index contributed by atoms with van der Waals surface area (Å²) in [6.07, 6.45) is 0. The van der Waals surface area contributed by atoms with Gasteiger partial charge in [-0.3, -0.25) is 0 Å². The lowest BCUT2D eigenvalue weighted by atomic mass is 10.1. The van der Waals surface area contributed by atoms with Crippen LogP contribution in [0.4, 0.5) is 0 Å². The minimum Gasteiger partial charge on any atom is -0.478 e. The van der Waals surface area contributed by atoms with Crippen LogP contribution in [0.1, 0.15) is 13.8 Å². The summed E-state index contributed by atoms with van der Waals surface area (Å²) in [4.78, 5) is 4.10. The molecule has 0 aliphatic carbocycles. The summed E-state index contributed by atoms with van der Waals surface area (Å²) < 4.78 is 5.01. The third-order valence-electron chi connectivity index (χ3n) is 1.02. The molecule has 1 aliphatic heterocycles. The summed E-state index contributed by atoms with van der Waals surface area (Å²) in [5.41, 5.74) is -0.0307. The van der Waals surface area contributed by atoms with Gasteiger partial charge < -0.3 is 4.74 Å². The van der Waals surface area contributed by atoms with Crippen molar-refractivity contribution in [3.63, 3.8) is 0 Å². The molecule has 0 aromatic rings. The van der Waals surface area contributed by atoms with Crippen LogP contribution < -0.4 is 0 Å². The first kappa shape index (κ1) is 5.60. The Bertz CT molecular complexity index is 126. The van der Waals surface area contributed by atoms with Gasteiger partial charge in [0, 0.05) is 6.92 Å². The first-order chi connectivity index (χ1) is 3.60. The highest BCUT2D eigenvalue weighted by molar-refractivity contribution is 5.82. The highest BCUT2D eigenvalue weighted by Gasteiger charge is 2.23. The zero-order valence-corrected chi connectivity index (χ0v) is 5.27. The number of aliphatic imine (C=N–C) groups is 1. The molecule has 1 rings (SSSR count). The molecule has 0 atom stereocenters. The smallest absolute Gasteiger partial charge is 0.184 e. The molecule has 0 unspecified atom stereocenters. The van der Waals surface area contributed by atoms with Crippen molar-refractivity contribution in [2.45, 2.75) is 19.4 Å². The molecule has 1 radical (unpaired) electrons. The molecule has 0 spiro atoms. The lowest BCUT2D eigenvalue weighted by Crippen LogP contribution is -2.17. The molecule has 0 saturated heterocycles. The molecule has 0 N–H and O–H groups in total. The minimum atomic E-state index is -0.0307. The highest BCUT2D eigenvalue weighted by Crippen LogP contribution is 2.15. The van der Waals surface area contributed by atoms with Gasteiger partial charge in [0.05, 0.1) is 5.54 Å². The van der Waals surface area contributed by atoms with Crippen LogP contribution in [0.25, 0.3) is 0 Å². The Morgan fingerprint density at radius 3 is 2.50 bits per heavy atom. The van der Waals surface area contributed by atoms with Crippen molar-refractivity contribution in [1.29, 1.82) is 0 Å². The van der Waals surface area contributed by atoms with E-state index < -0.39 is 0 Å².